The van der Waals surface area contributed by atoms with Crippen molar-refractivity contribution < 1.29 is 4.79 Å². The van der Waals surface area contributed by atoms with Crippen LogP contribution in [0.25, 0.3) is 0 Å². The number of nitrogens with two attached hydrogens (primary N) is 1. The van der Waals surface area contributed by atoms with E-state index in [-0.39, 0.29) is 10.7 Å². The third-order valence-electron chi connectivity index (χ3n) is 0.649. The summed E-state index contributed by atoms with van der Waals surface area (Å²) in [6.45, 7) is 0. The molecule has 2 nitrogen and oxygen atoms in total. The molecule has 0 rings (SSSR count). The van der Waals surface area contributed by atoms with Crippen LogP contribution in [0.2, 0.25) is 11.1 Å². The van der Waals surface area contributed by atoms with Gasteiger partial charge in [0, 0.05) is 0 Å². The van der Waals surface area contributed by atoms with Gasteiger partial charge < -0.3 is 0 Å². The summed E-state index contributed by atoms with van der Waals surface area (Å²) in [6, 6.07) is -0.250. The van der Waals surface area contributed by atoms with Gasteiger partial charge in [0.05, 0.1) is 0 Å². The molecule has 0 saturated heterocycles. The van der Waals surface area contributed by atoms with E-state index in [2.05, 4.69) is 21.8 Å². The minimum absolute atomic E-state index is 0.0197. The molecule has 0 bridgehead atoms. The molecule has 1 radical (unpaired) electrons. The van der Waals surface area contributed by atoms with Gasteiger partial charge in [-0.25, -0.2) is 0 Å². The van der Waals surface area contributed by atoms with Crippen LogP contribution in [0.4, 0.5) is 0 Å². The Morgan fingerprint density at radius 1 is 2.00 bits per heavy atom. The number of carbonyl (C=O) groups excluding carboxylic acids is 1. The first-order chi connectivity index (χ1) is 3.68. The molecule has 0 unspecified atom stereocenters. The van der Waals surface area contributed by atoms with Crippen LogP contribution in [0.5, 0.6) is 0 Å². The summed E-state index contributed by atoms with van der Waals surface area (Å²) < 4.78 is -0.0197. The van der Waals surface area contributed by atoms with Gasteiger partial charge in [-0.05, 0) is 0 Å². The van der Waals surface area contributed by atoms with Crippen molar-refractivity contribution in [1.29, 1.82) is 0 Å². The van der Waals surface area contributed by atoms with Gasteiger partial charge in [0.2, 0.25) is 0 Å². The SMILES string of the molecule is C[Se]C[C@H](N)C(=O)[Se]. The molecule has 0 fully saturated rings. The standard InChI is InChI=1S/C4H8NOSe2/c1-8-2-3(5)4(6)7/h3H,2,5H2,1H3/t3-/m0/s1. The topological polar surface area (TPSA) is 43.1 Å². The predicted octanol–water partition coefficient (Wildman–Crippen LogP) is -0.821. The molecule has 0 aromatic carbocycles. The Hall–Kier alpha value is 0.669. The fourth-order valence-corrected chi connectivity index (χ4v) is 2.03. The van der Waals surface area contributed by atoms with E-state index in [1.165, 1.54) is 0 Å². The second-order valence-electron chi connectivity index (χ2n) is 1.38. The summed E-state index contributed by atoms with van der Waals surface area (Å²) in [5, 5.41) is 0.846. The van der Waals surface area contributed by atoms with Crippen LogP contribution >= 0.6 is 0 Å². The van der Waals surface area contributed by atoms with Crippen LogP contribution in [0.15, 0.2) is 0 Å². The quantitative estimate of drug-likeness (QED) is 0.659. The molecule has 0 aliphatic carbocycles. The summed E-state index contributed by atoms with van der Waals surface area (Å²) >= 11 is 2.88. The van der Waals surface area contributed by atoms with Gasteiger partial charge in [-0.3, -0.25) is 0 Å². The van der Waals surface area contributed by atoms with E-state index >= 15 is 0 Å². The average molecular weight is 244 g/mol. The molecule has 0 amide bonds. The second-order valence-corrected chi connectivity index (χ2v) is 4.14. The molecule has 0 aromatic heterocycles. The van der Waals surface area contributed by atoms with Crippen LogP contribution in [-0.4, -0.2) is 41.7 Å². The molecule has 8 heavy (non-hydrogen) atoms. The van der Waals surface area contributed by atoms with E-state index in [0.717, 1.165) is 5.32 Å². The van der Waals surface area contributed by atoms with Crippen LogP contribution in [0.3, 0.4) is 0 Å². The first-order valence-corrected chi connectivity index (χ1v) is 5.92. The fraction of sp³-hybridized carbons (Fsp3) is 0.750. The number of hydrogen-bond donors (Lipinski definition) is 1. The van der Waals surface area contributed by atoms with Gasteiger partial charge in [-0.1, -0.05) is 0 Å². The molecule has 0 spiro atoms. The van der Waals surface area contributed by atoms with Crippen molar-refractivity contribution in [2.24, 2.45) is 5.73 Å². The van der Waals surface area contributed by atoms with Gasteiger partial charge in [-0.15, -0.1) is 0 Å². The zero-order chi connectivity index (χ0) is 6.57. The Morgan fingerprint density at radius 2 is 2.50 bits per heavy atom. The van der Waals surface area contributed by atoms with Crippen molar-refractivity contribution >= 4 is 35.7 Å². The van der Waals surface area contributed by atoms with E-state index in [4.69, 9.17) is 5.73 Å². The van der Waals surface area contributed by atoms with Gasteiger partial charge in [0.15, 0.2) is 0 Å². The van der Waals surface area contributed by atoms with Crippen molar-refractivity contribution in [3.8, 4) is 0 Å². The minimum atomic E-state index is -0.250. The Morgan fingerprint density at radius 3 is 2.62 bits per heavy atom. The third kappa shape index (κ3) is 3.64. The Bertz CT molecular complexity index is 86.1. The maximum atomic E-state index is 10.4. The Kier molecular flexibility index (Phi) is 4.92. The normalized spacial score (nSPS) is 13.2. The zero-order valence-electron chi connectivity index (χ0n) is 4.59. The molecule has 1 atom stereocenters. The van der Waals surface area contributed by atoms with Crippen molar-refractivity contribution in [3.05, 3.63) is 0 Å². The van der Waals surface area contributed by atoms with Crippen molar-refractivity contribution in [2.45, 2.75) is 17.2 Å². The van der Waals surface area contributed by atoms with E-state index in [0.29, 0.717) is 15.0 Å². The van der Waals surface area contributed by atoms with Crippen LogP contribution < -0.4 is 5.73 Å². The molecule has 4 heteroatoms. The number of hydrogen-bond acceptors (Lipinski definition) is 2. The van der Waals surface area contributed by atoms with Gasteiger partial charge in [0.25, 0.3) is 0 Å². The van der Waals surface area contributed by atoms with E-state index < -0.39 is 0 Å². The Labute approximate surface area is 63.6 Å². The predicted molar refractivity (Wildman–Crippen MR) is 35.2 cm³/mol. The van der Waals surface area contributed by atoms with Gasteiger partial charge >= 0.3 is 63.4 Å². The fourth-order valence-electron chi connectivity index (χ4n) is 0.248. The molecule has 0 aliphatic rings. The van der Waals surface area contributed by atoms with Gasteiger partial charge in [-0.2, -0.15) is 0 Å². The molecule has 47 valence electrons. The maximum absolute atomic E-state index is 10.4. The van der Waals surface area contributed by atoms with E-state index in [9.17, 15) is 4.79 Å². The third-order valence-corrected chi connectivity index (χ3v) is 2.74. The molecule has 0 aromatic rings. The van der Waals surface area contributed by atoms with Crippen LogP contribution in [0.1, 0.15) is 0 Å². The number of rotatable bonds is 3. The summed E-state index contributed by atoms with van der Waals surface area (Å²) in [4.78, 5) is 10.4. The average Bonchev–Trinajstić information content (AvgIpc) is 1.67. The molecule has 2 N–H and O–H groups in total. The van der Waals surface area contributed by atoms with Crippen molar-refractivity contribution in [2.75, 3.05) is 0 Å². The van der Waals surface area contributed by atoms with Gasteiger partial charge in [0.1, 0.15) is 0 Å². The van der Waals surface area contributed by atoms with Crippen molar-refractivity contribution in [1.82, 2.24) is 0 Å². The number of carbonyl (C=O) groups is 1. The van der Waals surface area contributed by atoms with Crippen LogP contribution in [-0.2, 0) is 4.79 Å². The first kappa shape index (κ1) is 8.67. The molecular weight excluding hydrogens is 236 g/mol. The summed E-state index contributed by atoms with van der Waals surface area (Å²) in [5.41, 5.74) is 5.36. The van der Waals surface area contributed by atoms with E-state index in [1.807, 2.05) is 0 Å². The summed E-state index contributed by atoms with van der Waals surface area (Å²) in [6.07, 6.45) is 0. The van der Waals surface area contributed by atoms with Crippen LogP contribution in [0, 0.1) is 0 Å². The molecule has 0 aliphatic heterocycles. The zero-order valence-corrected chi connectivity index (χ0v) is 8.01. The van der Waals surface area contributed by atoms with E-state index in [1.54, 1.807) is 0 Å². The molecular formula is C4H8NOSe2. The summed E-state index contributed by atoms with van der Waals surface area (Å²) in [5.74, 6) is 2.07. The van der Waals surface area contributed by atoms with Crippen molar-refractivity contribution in [3.63, 3.8) is 0 Å². The Balaban J connectivity index is 3.32. The molecule has 0 heterocycles. The second kappa shape index (κ2) is 4.54. The molecule has 0 saturated carbocycles. The first-order valence-electron chi connectivity index (χ1n) is 2.14. The summed E-state index contributed by atoms with van der Waals surface area (Å²) in [7, 11) is 0. The monoisotopic (exact) mass is 246 g/mol.